The molecule has 2 rings (SSSR count). The number of aliphatic hydroxyl groups is 1. The van der Waals surface area contributed by atoms with Crippen LogP contribution in [0.3, 0.4) is 0 Å². The van der Waals surface area contributed by atoms with Crippen molar-refractivity contribution in [1.29, 1.82) is 0 Å². The summed E-state index contributed by atoms with van der Waals surface area (Å²) < 4.78 is 1.03. The summed E-state index contributed by atoms with van der Waals surface area (Å²) in [4.78, 5) is 5.37. The van der Waals surface area contributed by atoms with Gasteiger partial charge in [0.2, 0.25) is 0 Å². The van der Waals surface area contributed by atoms with Crippen LogP contribution in [0.4, 0.5) is 0 Å². The number of aryl methyl sites for hydroxylation is 1. The average Bonchev–Trinajstić information content (AvgIpc) is 2.60. The standard InChI is InChI=1S/C11H10BrNOS/c1-7-10(6-14)15-11(13-7)8-4-2-3-5-9(8)12/h2-5,14H,6H2,1H3. The SMILES string of the molecule is Cc1nc(-c2ccccc2Br)sc1CO. The maximum atomic E-state index is 9.11. The highest BCUT2D eigenvalue weighted by Gasteiger charge is 2.10. The molecule has 2 nitrogen and oxygen atoms in total. The van der Waals surface area contributed by atoms with Crippen LogP contribution in [-0.4, -0.2) is 10.1 Å². The molecule has 1 heterocycles. The van der Waals surface area contributed by atoms with E-state index in [-0.39, 0.29) is 6.61 Å². The second-order valence-electron chi connectivity index (χ2n) is 3.17. The summed E-state index contributed by atoms with van der Waals surface area (Å²) in [6.07, 6.45) is 0. The number of aliphatic hydroxyl groups excluding tert-OH is 1. The maximum Gasteiger partial charge on any atom is 0.125 e. The summed E-state index contributed by atoms with van der Waals surface area (Å²) in [6.45, 7) is 1.98. The molecule has 1 aromatic carbocycles. The summed E-state index contributed by atoms with van der Waals surface area (Å²) >= 11 is 5.03. The number of aromatic nitrogens is 1. The largest absolute Gasteiger partial charge is 0.391 e. The Morgan fingerprint density at radius 3 is 2.73 bits per heavy atom. The predicted octanol–water partition coefficient (Wildman–Crippen LogP) is 3.37. The number of nitrogens with zero attached hydrogens (tertiary/aromatic N) is 1. The van der Waals surface area contributed by atoms with Gasteiger partial charge in [-0.3, -0.25) is 0 Å². The zero-order chi connectivity index (χ0) is 10.8. The summed E-state index contributed by atoms with van der Waals surface area (Å²) in [5, 5.41) is 10.1. The quantitative estimate of drug-likeness (QED) is 0.917. The lowest BCUT2D eigenvalue weighted by molar-refractivity contribution is 0.284. The molecule has 1 N–H and O–H groups in total. The van der Waals surface area contributed by atoms with Crippen LogP contribution in [0.25, 0.3) is 10.6 Å². The molecule has 4 heteroatoms. The number of benzene rings is 1. The summed E-state index contributed by atoms with van der Waals surface area (Å²) in [6, 6.07) is 7.96. The number of rotatable bonds is 2. The van der Waals surface area contributed by atoms with Crippen molar-refractivity contribution in [3.8, 4) is 10.6 Å². The van der Waals surface area contributed by atoms with Gasteiger partial charge in [-0.2, -0.15) is 0 Å². The maximum absolute atomic E-state index is 9.11. The molecular formula is C11H10BrNOS. The molecule has 0 aliphatic carbocycles. The van der Waals surface area contributed by atoms with Crippen LogP contribution in [0, 0.1) is 6.92 Å². The van der Waals surface area contributed by atoms with Crippen molar-refractivity contribution in [1.82, 2.24) is 4.98 Å². The van der Waals surface area contributed by atoms with Crippen LogP contribution in [0.15, 0.2) is 28.7 Å². The molecule has 0 fully saturated rings. The minimum Gasteiger partial charge on any atom is -0.391 e. The second kappa shape index (κ2) is 4.43. The summed E-state index contributed by atoms with van der Waals surface area (Å²) in [7, 11) is 0. The van der Waals surface area contributed by atoms with Crippen LogP contribution >= 0.6 is 27.3 Å². The molecule has 1 aromatic heterocycles. The van der Waals surface area contributed by atoms with Crippen LogP contribution in [0.2, 0.25) is 0 Å². The molecule has 0 saturated carbocycles. The molecular weight excluding hydrogens is 274 g/mol. The third-order valence-corrected chi connectivity index (χ3v) is 4.01. The Bertz CT molecular complexity index is 481. The number of thiazole rings is 1. The first kappa shape index (κ1) is 10.8. The van der Waals surface area contributed by atoms with Crippen molar-refractivity contribution in [2.24, 2.45) is 0 Å². The molecule has 0 amide bonds. The van der Waals surface area contributed by atoms with Crippen LogP contribution in [0.5, 0.6) is 0 Å². The fraction of sp³-hybridized carbons (Fsp3) is 0.182. The lowest BCUT2D eigenvalue weighted by Crippen LogP contribution is -1.81. The third-order valence-electron chi connectivity index (χ3n) is 2.14. The van der Waals surface area contributed by atoms with Crippen molar-refractivity contribution >= 4 is 27.3 Å². The number of halogens is 1. The molecule has 0 spiro atoms. The van der Waals surface area contributed by atoms with Gasteiger partial charge in [0.05, 0.1) is 17.2 Å². The summed E-state index contributed by atoms with van der Waals surface area (Å²) in [5.74, 6) is 0. The highest BCUT2D eigenvalue weighted by Crippen LogP contribution is 2.32. The van der Waals surface area contributed by atoms with E-state index in [1.54, 1.807) is 0 Å². The first-order chi connectivity index (χ1) is 7.22. The van der Waals surface area contributed by atoms with E-state index in [2.05, 4.69) is 20.9 Å². The van der Waals surface area contributed by atoms with E-state index in [9.17, 15) is 0 Å². The molecule has 78 valence electrons. The lowest BCUT2D eigenvalue weighted by atomic mass is 10.2. The minimum atomic E-state index is 0.0634. The predicted molar refractivity (Wildman–Crippen MR) is 65.9 cm³/mol. The zero-order valence-electron chi connectivity index (χ0n) is 8.20. The molecule has 0 radical (unpaired) electrons. The molecule has 0 unspecified atom stereocenters. The minimum absolute atomic E-state index is 0.0634. The van der Waals surface area contributed by atoms with Crippen LogP contribution in [0.1, 0.15) is 10.6 Å². The van der Waals surface area contributed by atoms with Crippen molar-refractivity contribution in [3.05, 3.63) is 39.3 Å². The van der Waals surface area contributed by atoms with Gasteiger partial charge >= 0.3 is 0 Å². The van der Waals surface area contributed by atoms with E-state index in [0.29, 0.717) is 0 Å². The van der Waals surface area contributed by atoms with Crippen molar-refractivity contribution < 1.29 is 5.11 Å². The molecule has 0 aliphatic heterocycles. The van der Waals surface area contributed by atoms with E-state index in [4.69, 9.17) is 5.11 Å². The molecule has 15 heavy (non-hydrogen) atoms. The van der Waals surface area contributed by atoms with Crippen molar-refractivity contribution in [2.75, 3.05) is 0 Å². The molecule has 0 bridgehead atoms. The normalized spacial score (nSPS) is 10.6. The van der Waals surface area contributed by atoms with Crippen molar-refractivity contribution in [3.63, 3.8) is 0 Å². The number of hydrogen-bond acceptors (Lipinski definition) is 3. The monoisotopic (exact) mass is 283 g/mol. The Kier molecular flexibility index (Phi) is 3.19. The van der Waals surface area contributed by atoms with Gasteiger partial charge < -0.3 is 5.11 Å². The number of hydrogen-bond donors (Lipinski definition) is 1. The Hall–Kier alpha value is -0.710. The van der Waals surface area contributed by atoms with Crippen LogP contribution < -0.4 is 0 Å². The van der Waals surface area contributed by atoms with E-state index in [1.165, 1.54) is 11.3 Å². The zero-order valence-corrected chi connectivity index (χ0v) is 10.6. The second-order valence-corrected chi connectivity index (χ2v) is 5.10. The average molecular weight is 284 g/mol. The molecule has 2 aromatic rings. The third kappa shape index (κ3) is 2.12. The van der Waals surface area contributed by atoms with Gasteiger partial charge in [-0.05, 0) is 13.0 Å². The van der Waals surface area contributed by atoms with Gasteiger partial charge in [-0.1, -0.05) is 34.1 Å². The fourth-order valence-electron chi connectivity index (χ4n) is 1.32. The Balaban J connectivity index is 2.50. The Morgan fingerprint density at radius 1 is 1.40 bits per heavy atom. The van der Waals surface area contributed by atoms with Gasteiger partial charge in [-0.25, -0.2) is 4.98 Å². The smallest absolute Gasteiger partial charge is 0.125 e. The van der Waals surface area contributed by atoms with Gasteiger partial charge in [0.1, 0.15) is 5.01 Å². The van der Waals surface area contributed by atoms with Gasteiger partial charge in [0.25, 0.3) is 0 Å². The highest BCUT2D eigenvalue weighted by atomic mass is 79.9. The van der Waals surface area contributed by atoms with E-state index >= 15 is 0 Å². The van der Waals surface area contributed by atoms with Crippen molar-refractivity contribution in [2.45, 2.75) is 13.5 Å². The van der Waals surface area contributed by atoms with E-state index < -0.39 is 0 Å². The fourth-order valence-corrected chi connectivity index (χ4v) is 2.89. The topological polar surface area (TPSA) is 33.1 Å². The first-order valence-corrected chi connectivity index (χ1v) is 6.15. The summed E-state index contributed by atoms with van der Waals surface area (Å²) in [5.41, 5.74) is 1.98. The highest BCUT2D eigenvalue weighted by molar-refractivity contribution is 9.10. The molecule has 0 atom stereocenters. The Morgan fingerprint density at radius 2 is 2.13 bits per heavy atom. The Labute approximate surface area is 101 Å². The lowest BCUT2D eigenvalue weighted by Gasteiger charge is -1.98. The van der Waals surface area contributed by atoms with E-state index in [0.717, 1.165) is 25.6 Å². The molecule has 0 saturated heterocycles. The van der Waals surface area contributed by atoms with Gasteiger partial charge in [-0.15, -0.1) is 11.3 Å². The van der Waals surface area contributed by atoms with Gasteiger partial charge in [0, 0.05) is 10.0 Å². The first-order valence-electron chi connectivity index (χ1n) is 4.54. The van der Waals surface area contributed by atoms with E-state index in [1.807, 2.05) is 31.2 Å². The van der Waals surface area contributed by atoms with Crippen LogP contribution in [-0.2, 0) is 6.61 Å². The molecule has 0 aliphatic rings. The van der Waals surface area contributed by atoms with Gasteiger partial charge in [0.15, 0.2) is 0 Å².